The summed E-state index contributed by atoms with van der Waals surface area (Å²) in [6, 6.07) is 4.53. The van der Waals surface area contributed by atoms with Gasteiger partial charge in [-0.15, -0.1) is 0 Å². The summed E-state index contributed by atoms with van der Waals surface area (Å²) in [6.07, 6.45) is -3.72. The van der Waals surface area contributed by atoms with Crippen LogP contribution in [0.3, 0.4) is 0 Å². The molecular formula is C25H29ClF3N3O3. The van der Waals surface area contributed by atoms with Gasteiger partial charge in [0.15, 0.2) is 5.78 Å². The number of rotatable bonds is 2. The monoisotopic (exact) mass is 511 g/mol. The Morgan fingerprint density at radius 3 is 2.23 bits per heavy atom. The second-order valence-corrected chi connectivity index (χ2v) is 10.8. The number of phenols is 1. The van der Waals surface area contributed by atoms with Crippen LogP contribution in [0.2, 0.25) is 5.02 Å². The quantitative estimate of drug-likeness (QED) is 0.565. The first-order valence-corrected chi connectivity index (χ1v) is 11.9. The van der Waals surface area contributed by atoms with E-state index in [0.29, 0.717) is 55.8 Å². The highest BCUT2D eigenvalue weighted by Crippen LogP contribution is 2.46. The highest BCUT2D eigenvalue weighted by atomic mass is 35.5. The number of aromatic hydroxyl groups is 1. The van der Waals surface area contributed by atoms with Crippen LogP contribution in [0, 0.1) is 5.41 Å². The van der Waals surface area contributed by atoms with Crippen molar-refractivity contribution in [1.29, 1.82) is 0 Å². The molecule has 2 aliphatic rings. The van der Waals surface area contributed by atoms with Gasteiger partial charge < -0.3 is 14.6 Å². The SMILES string of the molecule is CN1CCn2c(C(=O)C(C)(C)C)cc(Cl)c2C12CCN(C(=O)c1ccc(O)c(C(F)(F)F)c1)CC2. The lowest BCUT2D eigenvalue weighted by Gasteiger charge is -2.51. The largest absolute Gasteiger partial charge is 0.507 e. The summed E-state index contributed by atoms with van der Waals surface area (Å²) in [5.41, 5.74) is -0.977. The Labute approximate surface area is 207 Å². The molecule has 1 aromatic carbocycles. The summed E-state index contributed by atoms with van der Waals surface area (Å²) >= 11 is 6.70. The molecule has 35 heavy (non-hydrogen) atoms. The Kier molecular flexibility index (Phi) is 6.25. The van der Waals surface area contributed by atoms with Gasteiger partial charge in [0, 0.05) is 37.2 Å². The molecule has 0 unspecified atom stereocenters. The van der Waals surface area contributed by atoms with Crippen LogP contribution >= 0.6 is 11.6 Å². The Balaban J connectivity index is 1.62. The first kappa shape index (κ1) is 25.6. The number of hydrogen-bond acceptors (Lipinski definition) is 4. The molecule has 190 valence electrons. The van der Waals surface area contributed by atoms with Crippen molar-refractivity contribution in [2.75, 3.05) is 26.7 Å². The fourth-order valence-electron chi connectivity index (χ4n) is 5.22. The Morgan fingerprint density at radius 2 is 1.66 bits per heavy atom. The number of phenolic OH excluding ortho intramolecular Hbond substituents is 1. The number of fused-ring (bicyclic) bond motifs is 2. The molecule has 1 spiro atoms. The van der Waals surface area contributed by atoms with Crippen LogP contribution in [0.5, 0.6) is 5.75 Å². The predicted octanol–water partition coefficient (Wildman–Crippen LogP) is 5.17. The number of carbonyl (C=O) groups excluding carboxylic acids is 2. The molecule has 0 bridgehead atoms. The zero-order chi connectivity index (χ0) is 25.9. The molecule has 2 aromatic rings. The molecular weight excluding hydrogens is 483 g/mol. The van der Waals surface area contributed by atoms with Crippen LogP contribution in [0.15, 0.2) is 24.3 Å². The second kappa shape index (κ2) is 8.55. The number of amides is 1. The topological polar surface area (TPSA) is 65.8 Å². The lowest BCUT2D eigenvalue weighted by atomic mass is 9.81. The standard InChI is InChI=1S/C25H29ClF3N3O3/c1-23(2,3)21(34)18-14-17(26)20-24(30(4)11-12-32(18)20)7-9-31(10-8-24)22(35)15-5-6-19(33)16(13-15)25(27,28)29/h5-6,13-14,33H,7-12H2,1-4H3. The minimum atomic E-state index is -4.76. The fraction of sp³-hybridized carbons (Fsp3) is 0.520. The van der Waals surface area contributed by atoms with E-state index in [1.165, 1.54) is 11.0 Å². The third-order valence-electron chi connectivity index (χ3n) is 7.22. The smallest absolute Gasteiger partial charge is 0.419 e. The number of hydrogen-bond donors (Lipinski definition) is 1. The molecule has 1 N–H and O–H groups in total. The first-order chi connectivity index (χ1) is 16.2. The molecule has 3 heterocycles. The van der Waals surface area contributed by atoms with E-state index in [2.05, 4.69) is 4.90 Å². The maximum absolute atomic E-state index is 13.2. The van der Waals surface area contributed by atoms with E-state index in [4.69, 9.17) is 11.6 Å². The van der Waals surface area contributed by atoms with Gasteiger partial charge in [0.1, 0.15) is 5.75 Å². The van der Waals surface area contributed by atoms with Crippen molar-refractivity contribution in [2.24, 2.45) is 5.41 Å². The second-order valence-electron chi connectivity index (χ2n) is 10.4. The van der Waals surface area contributed by atoms with Crippen molar-refractivity contribution in [1.82, 2.24) is 14.4 Å². The number of Topliss-reactive ketones (excluding diaryl/α,β-unsaturated/α-hetero) is 1. The molecule has 4 rings (SSSR count). The van der Waals surface area contributed by atoms with Gasteiger partial charge in [0.25, 0.3) is 5.91 Å². The number of ketones is 1. The number of nitrogens with zero attached hydrogens (tertiary/aromatic N) is 3. The number of piperidine rings is 1. The molecule has 0 aliphatic carbocycles. The van der Waals surface area contributed by atoms with E-state index in [9.17, 15) is 27.9 Å². The van der Waals surface area contributed by atoms with E-state index in [0.717, 1.165) is 11.8 Å². The molecule has 10 heteroatoms. The van der Waals surface area contributed by atoms with Crippen LogP contribution in [0.1, 0.15) is 65.7 Å². The number of benzene rings is 1. The van der Waals surface area contributed by atoms with Gasteiger partial charge in [-0.2, -0.15) is 13.2 Å². The molecule has 1 aromatic heterocycles. The third kappa shape index (κ3) is 4.33. The van der Waals surface area contributed by atoms with Gasteiger partial charge in [-0.05, 0) is 44.2 Å². The van der Waals surface area contributed by atoms with E-state index in [1.54, 1.807) is 6.07 Å². The van der Waals surface area contributed by atoms with E-state index in [1.807, 2.05) is 32.4 Å². The maximum atomic E-state index is 13.2. The summed E-state index contributed by atoms with van der Waals surface area (Å²) in [5.74, 6) is -1.42. The zero-order valence-corrected chi connectivity index (χ0v) is 20.9. The van der Waals surface area contributed by atoms with Crippen molar-refractivity contribution >= 4 is 23.3 Å². The molecule has 1 saturated heterocycles. The van der Waals surface area contributed by atoms with Crippen LogP contribution in [0.25, 0.3) is 0 Å². The third-order valence-corrected chi connectivity index (χ3v) is 7.51. The van der Waals surface area contributed by atoms with E-state index < -0.39 is 34.4 Å². The zero-order valence-electron chi connectivity index (χ0n) is 20.2. The van der Waals surface area contributed by atoms with Crippen molar-refractivity contribution in [2.45, 2.75) is 51.9 Å². The highest BCUT2D eigenvalue weighted by molar-refractivity contribution is 6.32. The summed E-state index contributed by atoms with van der Waals surface area (Å²) in [6.45, 7) is 7.55. The average molecular weight is 512 g/mol. The highest BCUT2D eigenvalue weighted by Gasteiger charge is 2.47. The van der Waals surface area contributed by atoms with Gasteiger partial charge in [-0.25, -0.2) is 0 Å². The molecule has 0 radical (unpaired) electrons. The molecule has 1 fully saturated rings. The van der Waals surface area contributed by atoms with Crippen molar-refractivity contribution < 1.29 is 27.9 Å². The lowest BCUT2D eigenvalue weighted by molar-refractivity contribution is -0.138. The van der Waals surface area contributed by atoms with Crippen LogP contribution in [-0.2, 0) is 18.3 Å². The Hall–Kier alpha value is -2.52. The summed E-state index contributed by atoms with van der Waals surface area (Å²) in [4.78, 5) is 29.9. The number of alkyl halides is 3. The molecule has 0 atom stereocenters. The van der Waals surface area contributed by atoms with Crippen molar-refractivity contribution in [3.63, 3.8) is 0 Å². The number of halogens is 4. The maximum Gasteiger partial charge on any atom is 0.419 e. The van der Waals surface area contributed by atoms with E-state index in [-0.39, 0.29) is 11.3 Å². The van der Waals surface area contributed by atoms with Gasteiger partial charge in [-0.1, -0.05) is 32.4 Å². The summed E-state index contributed by atoms with van der Waals surface area (Å²) in [7, 11) is 1.99. The van der Waals surface area contributed by atoms with Crippen molar-refractivity contribution in [3.05, 3.63) is 51.8 Å². The number of likely N-dealkylation sites (tertiary alicyclic amines) is 1. The van der Waals surface area contributed by atoms with E-state index >= 15 is 0 Å². The average Bonchev–Trinajstić information content (AvgIpc) is 3.12. The van der Waals surface area contributed by atoms with Gasteiger partial charge >= 0.3 is 6.18 Å². The lowest BCUT2D eigenvalue weighted by Crippen LogP contribution is -2.57. The van der Waals surface area contributed by atoms with Gasteiger partial charge in [0.05, 0.1) is 27.5 Å². The number of carbonyl (C=O) groups is 2. The minimum absolute atomic E-state index is 0.00534. The summed E-state index contributed by atoms with van der Waals surface area (Å²) in [5, 5.41) is 10.1. The van der Waals surface area contributed by atoms with Gasteiger partial charge in [-0.3, -0.25) is 14.5 Å². The predicted molar refractivity (Wildman–Crippen MR) is 126 cm³/mol. The normalized spacial score (nSPS) is 18.6. The summed E-state index contributed by atoms with van der Waals surface area (Å²) < 4.78 is 41.6. The van der Waals surface area contributed by atoms with Crippen LogP contribution < -0.4 is 0 Å². The van der Waals surface area contributed by atoms with Crippen LogP contribution in [-0.4, -0.2) is 57.8 Å². The number of likely N-dealkylation sites (N-methyl/N-ethyl adjacent to an activating group) is 1. The first-order valence-electron chi connectivity index (χ1n) is 11.5. The molecule has 6 nitrogen and oxygen atoms in total. The Bertz CT molecular complexity index is 1180. The van der Waals surface area contributed by atoms with Gasteiger partial charge in [0.2, 0.25) is 0 Å². The fourth-order valence-corrected chi connectivity index (χ4v) is 5.60. The molecule has 2 aliphatic heterocycles. The Morgan fingerprint density at radius 1 is 1.03 bits per heavy atom. The van der Waals surface area contributed by atoms with Crippen LogP contribution in [0.4, 0.5) is 13.2 Å². The molecule has 1 amide bonds. The number of aromatic nitrogens is 1. The van der Waals surface area contributed by atoms with Crippen molar-refractivity contribution in [3.8, 4) is 5.75 Å². The minimum Gasteiger partial charge on any atom is -0.507 e. The molecule has 0 saturated carbocycles.